The van der Waals surface area contributed by atoms with Gasteiger partial charge in [-0.1, -0.05) is 6.58 Å². The molecular weight excluding hydrogens is 306 g/mol. The van der Waals surface area contributed by atoms with Crippen molar-refractivity contribution in [2.24, 2.45) is 0 Å². The van der Waals surface area contributed by atoms with Crippen LogP contribution in [-0.4, -0.2) is 37.6 Å². The van der Waals surface area contributed by atoms with Crippen molar-refractivity contribution in [1.29, 1.82) is 5.26 Å². The molecule has 0 fully saturated rings. The van der Waals surface area contributed by atoms with Gasteiger partial charge in [-0.3, -0.25) is 9.59 Å². The summed E-state index contributed by atoms with van der Waals surface area (Å²) < 4.78 is 5.39. The number of rotatable bonds is 8. The van der Waals surface area contributed by atoms with Crippen LogP contribution in [0.3, 0.4) is 0 Å². The van der Waals surface area contributed by atoms with Crippen molar-refractivity contribution < 1.29 is 14.3 Å². The van der Waals surface area contributed by atoms with Gasteiger partial charge in [-0.25, -0.2) is 0 Å². The lowest BCUT2D eigenvalue weighted by Crippen LogP contribution is -2.34. The Labute approximate surface area is 142 Å². The van der Waals surface area contributed by atoms with Crippen molar-refractivity contribution in [3.63, 3.8) is 0 Å². The van der Waals surface area contributed by atoms with Gasteiger partial charge in [-0.2, -0.15) is 5.26 Å². The van der Waals surface area contributed by atoms with Gasteiger partial charge in [0.05, 0.1) is 12.2 Å². The topological polar surface area (TPSA) is 82.4 Å². The fraction of sp³-hybridized carbons (Fsp3) is 0.389. The molecule has 6 heteroatoms. The second-order valence-electron chi connectivity index (χ2n) is 5.51. The van der Waals surface area contributed by atoms with Crippen LogP contribution in [0.2, 0.25) is 0 Å². The van der Waals surface area contributed by atoms with Crippen LogP contribution in [0.1, 0.15) is 30.6 Å². The number of nitrogens with one attached hydrogen (secondary N) is 1. The van der Waals surface area contributed by atoms with Crippen LogP contribution in [0.4, 0.5) is 5.69 Å². The molecule has 0 aliphatic rings. The van der Waals surface area contributed by atoms with Crippen molar-refractivity contribution in [2.45, 2.75) is 32.4 Å². The molecule has 0 saturated carbocycles. The van der Waals surface area contributed by atoms with Crippen molar-refractivity contribution in [1.82, 2.24) is 5.32 Å². The lowest BCUT2D eigenvalue weighted by atomic mass is 10.1. The first-order valence-electron chi connectivity index (χ1n) is 7.71. The van der Waals surface area contributed by atoms with Crippen LogP contribution in [0.5, 0.6) is 0 Å². The number of carbonyl (C=O) groups excluding carboxylic acids is 2. The van der Waals surface area contributed by atoms with E-state index in [2.05, 4.69) is 18.0 Å². The molecule has 0 aromatic heterocycles. The predicted octanol–water partition coefficient (Wildman–Crippen LogP) is 2.27. The fourth-order valence-corrected chi connectivity index (χ4v) is 1.93. The maximum atomic E-state index is 12.2. The van der Waals surface area contributed by atoms with Gasteiger partial charge in [0, 0.05) is 31.3 Å². The number of benzene rings is 1. The Bertz CT molecular complexity index is 617. The summed E-state index contributed by atoms with van der Waals surface area (Å²) in [6.45, 7) is 7.67. The quantitative estimate of drug-likeness (QED) is 0.742. The Morgan fingerprint density at radius 2 is 2.00 bits per heavy atom. The third kappa shape index (κ3) is 5.86. The fourth-order valence-electron chi connectivity index (χ4n) is 1.93. The first-order valence-corrected chi connectivity index (χ1v) is 7.71. The molecule has 24 heavy (non-hydrogen) atoms. The molecule has 1 rings (SSSR count). The zero-order chi connectivity index (χ0) is 18.1. The van der Waals surface area contributed by atoms with E-state index in [9.17, 15) is 9.59 Å². The Morgan fingerprint density at radius 1 is 1.38 bits per heavy atom. The first-order chi connectivity index (χ1) is 11.4. The number of nitriles is 1. The summed E-state index contributed by atoms with van der Waals surface area (Å²) in [5.41, 5.74) is 1.07. The molecule has 1 N–H and O–H groups in total. The third-order valence-electron chi connectivity index (χ3n) is 3.34. The monoisotopic (exact) mass is 329 g/mol. The van der Waals surface area contributed by atoms with Gasteiger partial charge < -0.3 is 15.0 Å². The molecule has 0 saturated heterocycles. The number of amides is 2. The summed E-state index contributed by atoms with van der Waals surface area (Å²) in [5.74, 6) is -0.572. The molecule has 0 aliphatic carbocycles. The Hall–Kier alpha value is -2.65. The van der Waals surface area contributed by atoms with Crippen molar-refractivity contribution in [3.8, 4) is 6.07 Å². The number of hydrogen-bond acceptors (Lipinski definition) is 4. The molecule has 6 nitrogen and oxygen atoms in total. The summed E-state index contributed by atoms with van der Waals surface area (Å²) in [7, 11) is 1.62. The highest BCUT2D eigenvalue weighted by Gasteiger charge is 2.14. The van der Waals surface area contributed by atoms with Crippen LogP contribution >= 0.6 is 0 Å². The van der Waals surface area contributed by atoms with Crippen molar-refractivity contribution in [3.05, 3.63) is 42.5 Å². The summed E-state index contributed by atoms with van der Waals surface area (Å²) in [4.78, 5) is 25.2. The van der Waals surface area contributed by atoms with E-state index >= 15 is 0 Å². The molecule has 0 spiro atoms. The summed E-state index contributed by atoms with van der Waals surface area (Å²) >= 11 is 0. The minimum absolute atomic E-state index is 0.0860. The molecule has 1 aromatic carbocycles. The van der Waals surface area contributed by atoms with E-state index in [1.165, 1.54) is 11.0 Å². The zero-order valence-electron chi connectivity index (χ0n) is 14.3. The number of likely N-dealkylation sites (N-methyl/N-ethyl adjacent to an activating group) is 1. The molecule has 1 unspecified atom stereocenters. The number of hydrogen-bond donors (Lipinski definition) is 1. The third-order valence-corrected chi connectivity index (χ3v) is 3.34. The van der Waals surface area contributed by atoms with E-state index in [4.69, 9.17) is 10.00 Å². The highest BCUT2D eigenvalue weighted by Crippen LogP contribution is 2.14. The molecular formula is C18H23N3O3. The molecule has 128 valence electrons. The second kappa shape index (κ2) is 9.48. The highest BCUT2D eigenvalue weighted by atomic mass is 16.5. The number of anilines is 1. The summed E-state index contributed by atoms with van der Waals surface area (Å²) in [5, 5.41) is 11.8. The van der Waals surface area contributed by atoms with E-state index in [0.29, 0.717) is 24.3 Å². The molecule has 1 atom stereocenters. The molecule has 1 aromatic rings. The van der Waals surface area contributed by atoms with Gasteiger partial charge in [0.25, 0.3) is 5.91 Å². The summed E-state index contributed by atoms with van der Waals surface area (Å²) in [6, 6.07) is 7.99. The molecule has 0 aliphatic heterocycles. The van der Waals surface area contributed by atoms with Crippen LogP contribution in [0.25, 0.3) is 0 Å². The number of ether oxygens (including phenoxy) is 1. The van der Waals surface area contributed by atoms with Gasteiger partial charge in [0.2, 0.25) is 5.91 Å². The minimum atomic E-state index is -0.610. The zero-order valence-corrected chi connectivity index (χ0v) is 14.3. The lowest BCUT2D eigenvalue weighted by molar-refractivity contribution is -0.113. The largest absolute Gasteiger partial charge is 0.379 e. The van der Waals surface area contributed by atoms with Crippen LogP contribution in [0, 0.1) is 11.3 Å². The van der Waals surface area contributed by atoms with Crippen LogP contribution < -0.4 is 10.2 Å². The predicted molar refractivity (Wildman–Crippen MR) is 92.6 cm³/mol. The van der Waals surface area contributed by atoms with Gasteiger partial charge >= 0.3 is 0 Å². The van der Waals surface area contributed by atoms with Crippen molar-refractivity contribution >= 4 is 17.5 Å². The summed E-state index contributed by atoms with van der Waals surface area (Å²) in [6.07, 6.45) is 1.73. The van der Waals surface area contributed by atoms with Gasteiger partial charge in [-0.05, 0) is 44.2 Å². The molecule has 0 bridgehead atoms. The van der Waals surface area contributed by atoms with Crippen LogP contribution in [-0.2, 0) is 9.53 Å². The minimum Gasteiger partial charge on any atom is -0.379 e. The van der Waals surface area contributed by atoms with E-state index < -0.39 is 6.04 Å². The van der Waals surface area contributed by atoms with E-state index in [1.54, 1.807) is 31.3 Å². The molecule has 0 heterocycles. The second-order valence-corrected chi connectivity index (χ2v) is 5.51. The highest BCUT2D eigenvalue weighted by molar-refractivity contribution is 6.01. The van der Waals surface area contributed by atoms with Gasteiger partial charge in [-0.15, -0.1) is 0 Å². The Kier molecular flexibility index (Phi) is 7.66. The standard InChI is InChI=1S/C18H23N3O3/c1-5-17(22)21(4)16-8-6-14(7-9-16)18(23)20-15(12-19)10-11-24-13(2)3/h5-9,13,15H,1,10-11H2,2-4H3,(H,20,23). The number of nitrogens with zero attached hydrogens (tertiary/aromatic N) is 2. The first kappa shape index (κ1) is 19.4. The normalized spacial score (nSPS) is 11.5. The number of carbonyl (C=O) groups is 2. The average Bonchev–Trinajstić information content (AvgIpc) is 2.59. The van der Waals surface area contributed by atoms with Gasteiger partial charge in [0.15, 0.2) is 0 Å². The lowest BCUT2D eigenvalue weighted by Gasteiger charge is -2.16. The maximum Gasteiger partial charge on any atom is 0.252 e. The molecule has 2 amide bonds. The van der Waals surface area contributed by atoms with Crippen molar-refractivity contribution in [2.75, 3.05) is 18.6 Å². The smallest absolute Gasteiger partial charge is 0.252 e. The van der Waals surface area contributed by atoms with E-state index in [-0.39, 0.29) is 17.9 Å². The Balaban J connectivity index is 2.66. The maximum absolute atomic E-state index is 12.2. The Morgan fingerprint density at radius 3 is 2.50 bits per heavy atom. The van der Waals surface area contributed by atoms with Crippen LogP contribution in [0.15, 0.2) is 36.9 Å². The average molecular weight is 329 g/mol. The van der Waals surface area contributed by atoms with E-state index in [1.807, 2.05) is 13.8 Å². The SMILES string of the molecule is C=CC(=O)N(C)c1ccc(C(=O)NC(C#N)CCOC(C)C)cc1. The van der Waals surface area contributed by atoms with Gasteiger partial charge in [0.1, 0.15) is 6.04 Å². The molecule has 0 radical (unpaired) electrons. The van der Waals surface area contributed by atoms with E-state index in [0.717, 1.165) is 0 Å².